The monoisotopic (exact) mass is 164 g/mol. The van der Waals surface area contributed by atoms with Crippen LogP contribution in [0.1, 0.15) is 0 Å². The van der Waals surface area contributed by atoms with Gasteiger partial charge in [0.2, 0.25) is 0 Å². The maximum absolute atomic E-state index is 8.74. The smallest absolute Gasteiger partial charge is 0.316 e. The molecule has 7 heteroatoms. The molecule has 0 atom stereocenters. The van der Waals surface area contributed by atoms with E-state index < -0.39 is 9.17 Å². The Morgan fingerprint density at radius 2 is 1.29 bits per heavy atom. The molecule has 0 saturated carbocycles. The Kier molecular flexibility index (Phi) is 52.5. The molecule has 0 aliphatic rings. The molecular formula is H8CaMgO4Si. The summed E-state index contributed by atoms with van der Waals surface area (Å²) in [4.78, 5) is 14.3. The van der Waals surface area contributed by atoms with E-state index in [1.807, 2.05) is 0 Å². The van der Waals surface area contributed by atoms with Crippen molar-refractivity contribution >= 4 is 70.0 Å². The second-order valence-electron chi connectivity index (χ2n) is 0.283. The third kappa shape index (κ3) is 92.9. The minimum absolute atomic E-state index is 0. The van der Waals surface area contributed by atoms with Gasteiger partial charge < -0.3 is 15.1 Å². The van der Waals surface area contributed by atoms with E-state index in [2.05, 4.69) is 0 Å². The van der Waals surface area contributed by atoms with Gasteiger partial charge in [-0.25, -0.2) is 0 Å². The van der Waals surface area contributed by atoms with E-state index in [0.29, 0.717) is 0 Å². The Hall–Kier alpha value is 1.60. The molecule has 40 valence electrons. The van der Waals surface area contributed by atoms with Gasteiger partial charge in [0.05, 0.1) is 0 Å². The van der Waals surface area contributed by atoms with E-state index in [1.54, 1.807) is 0 Å². The molecule has 0 radical (unpaired) electrons. The van der Waals surface area contributed by atoms with E-state index in [9.17, 15) is 0 Å². The van der Waals surface area contributed by atoms with Gasteiger partial charge in [-0.1, -0.05) is 0 Å². The van der Waals surface area contributed by atoms with Crippen molar-refractivity contribution in [2.45, 2.75) is 0 Å². The maximum atomic E-state index is 8.74. The third-order valence-corrected chi connectivity index (χ3v) is 0. The summed E-state index contributed by atoms with van der Waals surface area (Å²) in [6.07, 6.45) is 0. The molecule has 0 bridgehead atoms. The van der Waals surface area contributed by atoms with Crippen LogP contribution in [0.15, 0.2) is 0 Å². The standard InChI is InChI=1S/Ca.Mg.H2O3Si.H2O.4H/c;;1-4(2)3;;;;;/h;;1-2H;1H2;;;;. The summed E-state index contributed by atoms with van der Waals surface area (Å²) in [5.74, 6) is 0. The van der Waals surface area contributed by atoms with Gasteiger partial charge in [-0.3, -0.25) is 4.46 Å². The van der Waals surface area contributed by atoms with Gasteiger partial charge >= 0.3 is 70.0 Å². The van der Waals surface area contributed by atoms with E-state index in [-0.39, 0.29) is 66.3 Å². The van der Waals surface area contributed by atoms with Gasteiger partial charge in [-0.05, 0) is 0 Å². The zero-order chi connectivity index (χ0) is 3.58. The fraction of sp³-hybridized carbons (Fsp3) is 0. The molecule has 0 saturated heterocycles. The van der Waals surface area contributed by atoms with Gasteiger partial charge in [-0.15, -0.1) is 0 Å². The molecule has 0 aromatic carbocycles. The summed E-state index contributed by atoms with van der Waals surface area (Å²) < 4.78 is 8.74. The van der Waals surface area contributed by atoms with E-state index in [0.717, 1.165) is 0 Å². The largest absolute Gasteiger partial charge is 0.316 e. The van der Waals surface area contributed by atoms with Crippen molar-refractivity contribution in [2.75, 3.05) is 0 Å². The Morgan fingerprint density at radius 3 is 1.29 bits per heavy atom. The van der Waals surface area contributed by atoms with Crippen LogP contribution in [0.3, 0.4) is 0 Å². The number of rotatable bonds is 0. The Labute approximate surface area is 88.3 Å². The van der Waals surface area contributed by atoms with Crippen molar-refractivity contribution < 1.29 is 19.5 Å². The van der Waals surface area contributed by atoms with Crippen molar-refractivity contribution in [3.8, 4) is 0 Å². The molecule has 0 aliphatic heterocycles. The maximum Gasteiger partial charge on any atom is 0.316 e. The first-order chi connectivity index (χ1) is 1.73. The van der Waals surface area contributed by atoms with Gasteiger partial charge in [0.25, 0.3) is 0 Å². The first-order valence-corrected chi connectivity index (χ1v) is 1.95. The van der Waals surface area contributed by atoms with Crippen LogP contribution >= 0.6 is 0 Å². The molecule has 0 amide bonds. The topological polar surface area (TPSA) is 89.0 Å². The molecule has 4 nitrogen and oxygen atoms in total. The second kappa shape index (κ2) is 15.6. The van der Waals surface area contributed by atoms with Crippen molar-refractivity contribution in [3.05, 3.63) is 0 Å². The quantitative estimate of drug-likeness (QED) is 0.355. The van der Waals surface area contributed by atoms with Gasteiger partial charge in [0, 0.05) is 0 Å². The molecule has 0 rings (SSSR count). The third-order valence-electron chi connectivity index (χ3n) is 0. The zero-order valence-electron chi connectivity index (χ0n) is 2.30. The van der Waals surface area contributed by atoms with E-state index in [1.165, 1.54) is 0 Å². The summed E-state index contributed by atoms with van der Waals surface area (Å²) in [7, 11) is -3.13. The molecule has 0 heterocycles. The predicted molar refractivity (Wildman–Crippen MR) is 31.6 cm³/mol. The van der Waals surface area contributed by atoms with Crippen molar-refractivity contribution in [3.63, 3.8) is 0 Å². The molecule has 0 spiro atoms. The molecule has 0 aromatic heterocycles. The first-order valence-electron chi connectivity index (χ1n) is 0.651. The molecule has 0 fully saturated rings. The molecule has 7 heavy (non-hydrogen) atoms. The molecule has 0 aromatic rings. The van der Waals surface area contributed by atoms with Crippen LogP contribution in [0.5, 0.6) is 0 Å². The van der Waals surface area contributed by atoms with Crippen LogP contribution in [0, 0.1) is 0 Å². The van der Waals surface area contributed by atoms with E-state index >= 15 is 0 Å². The van der Waals surface area contributed by atoms with Crippen molar-refractivity contribution in [1.29, 1.82) is 0 Å². The first kappa shape index (κ1) is 23.5. The van der Waals surface area contributed by atoms with Gasteiger partial charge in [0.1, 0.15) is 0 Å². The summed E-state index contributed by atoms with van der Waals surface area (Å²) in [5.41, 5.74) is 0. The average Bonchev–Trinajstić information content (AvgIpc) is 0.811. The van der Waals surface area contributed by atoms with Crippen molar-refractivity contribution in [2.24, 2.45) is 0 Å². The van der Waals surface area contributed by atoms with Gasteiger partial charge in [-0.2, -0.15) is 0 Å². The normalized spacial score (nSPS) is 3.43. The molecular weight excluding hydrogens is 156 g/mol. The summed E-state index contributed by atoms with van der Waals surface area (Å²) in [5, 5.41) is 0. The average molecular weight is 165 g/mol. The van der Waals surface area contributed by atoms with Crippen LogP contribution in [-0.2, 0) is 4.46 Å². The number of hydrogen-bond donors (Lipinski definition) is 2. The Bertz CT molecular complexity index is 34.7. The zero-order valence-corrected chi connectivity index (χ0v) is 3.30. The van der Waals surface area contributed by atoms with Crippen molar-refractivity contribution in [1.82, 2.24) is 0 Å². The van der Waals surface area contributed by atoms with E-state index in [4.69, 9.17) is 14.1 Å². The molecule has 4 N–H and O–H groups in total. The fourth-order valence-corrected chi connectivity index (χ4v) is 0. The molecule has 0 unspecified atom stereocenters. The fourth-order valence-electron chi connectivity index (χ4n) is 0. The summed E-state index contributed by atoms with van der Waals surface area (Å²) in [6.45, 7) is 0. The second-order valence-corrected chi connectivity index (χ2v) is 0.848. The summed E-state index contributed by atoms with van der Waals surface area (Å²) in [6, 6.07) is 0. The Balaban J connectivity index is -0.0000000150. The minimum Gasteiger partial charge on any atom is 0.316 e. The minimum atomic E-state index is -3.13. The van der Waals surface area contributed by atoms with Gasteiger partial charge in [0.15, 0.2) is 0 Å². The molecule has 0 aliphatic carbocycles. The Morgan fingerprint density at radius 1 is 1.29 bits per heavy atom. The van der Waals surface area contributed by atoms with Crippen LogP contribution in [0.25, 0.3) is 0 Å². The van der Waals surface area contributed by atoms with Crippen LogP contribution in [0.4, 0.5) is 0 Å². The predicted octanol–water partition coefficient (Wildman–Crippen LogP) is -4.27. The SMILES string of the molecule is O.O=[Si](O)O.[CaH2].[MgH2]. The van der Waals surface area contributed by atoms with Crippen LogP contribution < -0.4 is 0 Å². The summed E-state index contributed by atoms with van der Waals surface area (Å²) >= 11 is 0. The number of hydrogen-bond acceptors (Lipinski definition) is 1. The van der Waals surface area contributed by atoms with Crippen LogP contribution in [-0.4, -0.2) is 85.0 Å². The van der Waals surface area contributed by atoms with Crippen LogP contribution in [0.2, 0.25) is 0 Å².